The van der Waals surface area contributed by atoms with Gasteiger partial charge in [0.1, 0.15) is 6.07 Å². The molecular formula is C18H19N3O3. The van der Waals surface area contributed by atoms with Crippen molar-refractivity contribution in [3.8, 4) is 6.07 Å². The van der Waals surface area contributed by atoms with Crippen molar-refractivity contribution in [2.75, 3.05) is 24.6 Å². The van der Waals surface area contributed by atoms with Crippen LogP contribution in [-0.2, 0) is 14.3 Å². The summed E-state index contributed by atoms with van der Waals surface area (Å²) in [6.45, 7) is 3.52. The SMILES string of the molecule is CCOC(=O)/C(C#N)=C1\C(=O)N(C2CCNCC2)c2ccccc21. The van der Waals surface area contributed by atoms with E-state index < -0.39 is 5.97 Å². The van der Waals surface area contributed by atoms with Gasteiger partial charge in [0.2, 0.25) is 0 Å². The second kappa shape index (κ2) is 6.85. The number of nitriles is 1. The van der Waals surface area contributed by atoms with Gasteiger partial charge < -0.3 is 15.0 Å². The highest BCUT2D eigenvalue weighted by Crippen LogP contribution is 2.40. The molecule has 0 spiro atoms. The van der Waals surface area contributed by atoms with Crippen molar-refractivity contribution in [1.29, 1.82) is 5.26 Å². The molecule has 2 aliphatic heterocycles. The molecule has 6 nitrogen and oxygen atoms in total. The summed E-state index contributed by atoms with van der Waals surface area (Å²) in [4.78, 5) is 26.9. The Bertz CT molecular complexity index is 742. The molecule has 0 aromatic heterocycles. The minimum atomic E-state index is -0.745. The Hall–Kier alpha value is -2.65. The van der Waals surface area contributed by atoms with Gasteiger partial charge in [-0.2, -0.15) is 5.26 Å². The monoisotopic (exact) mass is 325 g/mol. The maximum atomic E-state index is 13.1. The van der Waals surface area contributed by atoms with Crippen LogP contribution < -0.4 is 10.2 Å². The molecular weight excluding hydrogens is 306 g/mol. The smallest absolute Gasteiger partial charge is 0.349 e. The van der Waals surface area contributed by atoms with Gasteiger partial charge in [-0.05, 0) is 38.9 Å². The number of nitrogens with zero attached hydrogens (tertiary/aromatic N) is 2. The molecule has 1 N–H and O–H groups in total. The van der Waals surface area contributed by atoms with E-state index in [1.165, 1.54) is 0 Å². The zero-order chi connectivity index (χ0) is 17.1. The Morgan fingerprint density at radius 2 is 2.08 bits per heavy atom. The van der Waals surface area contributed by atoms with E-state index in [4.69, 9.17) is 4.74 Å². The van der Waals surface area contributed by atoms with Crippen LogP contribution in [0.15, 0.2) is 29.8 Å². The molecule has 0 aliphatic carbocycles. The maximum Gasteiger partial charge on any atom is 0.349 e. The predicted molar refractivity (Wildman–Crippen MR) is 89.0 cm³/mol. The van der Waals surface area contributed by atoms with Crippen LogP contribution in [0.2, 0.25) is 0 Å². The van der Waals surface area contributed by atoms with Crippen LogP contribution in [0.25, 0.3) is 5.57 Å². The number of hydrogen-bond donors (Lipinski definition) is 1. The molecule has 0 saturated carbocycles. The number of benzene rings is 1. The van der Waals surface area contributed by atoms with Crippen LogP contribution in [0.5, 0.6) is 0 Å². The normalized spacial score (nSPS) is 19.7. The minimum absolute atomic E-state index is 0.0690. The zero-order valence-electron chi connectivity index (χ0n) is 13.5. The fourth-order valence-electron chi connectivity index (χ4n) is 3.32. The first-order chi connectivity index (χ1) is 11.7. The van der Waals surface area contributed by atoms with E-state index in [2.05, 4.69) is 5.32 Å². The summed E-state index contributed by atoms with van der Waals surface area (Å²) >= 11 is 0. The number of nitrogens with one attached hydrogen (secondary N) is 1. The van der Waals surface area contributed by atoms with Gasteiger partial charge in [-0.3, -0.25) is 4.79 Å². The lowest BCUT2D eigenvalue weighted by molar-refractivity contribution is -0.138. The molecule has 1 saturated heterocycles. The molecule has 24 heavy (non-hydrogen) atoms. The minimum Gasteiger partial charge on any atom is -0.462 e. The number of carbonyl (C=O) groups excluding carboxylic acids is 2. The van der Waals surface area contributed by atoms with Crippen LogP contribution in [0, 0.1) is 11.3 Å². The molecule has 0 radical (unpaired) electrons. The van der Waals surface area contributed by atoms with E-state index in [0.717, 1.165) is 31.6 Å². The number of hydrogen-bond acceptors (Lipinski definition) is 5. The van der Waals surface area contributed by atoms with Crippen LogP contribution >= 0.6 is 0 Å². The van der Waals surface area contributed by atoms with E-state index in [1.807, 2.05) is 18.2 Å². The van der Waals surface area contributed by atoms with Crippen LogP contribution in [0.4, 0.5) is 5.69 Å². The zero-order valence-corrected chi connectivity index (χ0v) is 13.5. The van der Waals surface area contributed by atoms with Crippen molar-refractivity contribution in [2.24, 2.45) is 0 Å². The number of ether oxygens (including phenoxy) is 1. The number of fused-ring (bicyclic) bond motifs is 1. The van der Waals surface area contributed by atoms with Gasteiger partial charge in [0.25, 0.3) is 5.91 Å². The first kappa shape index (κ1) is 16.2. The Morgan fingerprint density at radius 3 is 2.75 bits per heavy atom. The molecule has 1 amide bonds. The molecule has 6 heteroatoms. The number of amides is 1. The van der Waals surface area contributed by atoms with Gasteiger partial charge in [0.15, 0.2) is 5.57 Å². The standard InChI is InChI=1S/C18H19N3O3/c1-2-24-18(23)14(11-19)16-13-5-3-4-6-15(13)21(17(16)22)12-7-9-20-10-8-12/h3-6,12,20H,2,7-10H2,1H3/b16-14-. The van der Waals surface area contributed by atoms with E-state index in [9.17, 15) is 14.9 Å². The quantitative estimate of drug-likeness (QED) is 0.519. The van der Waals surface area contributed by atoms with Crippen molar-refractivity contribution in [1.82, 2.24) is 5.32 Å². The van der Waals surface area contributed by atoms with E-state index in [1.54, 1.807) is 24.0 Å². The fraction of sp³-hybridized carbons (Fsp3) is 0.389. The maximum absolute atomic E-state index is 13.1. The number of carbonyl (C=O) groups is 2. The lowest BCUT2D eigenvalue weighted by atomic mass is 10.0. The Balaban J connectivity index is 2.10. The van der Waals surface area contributed by atoms with Crippen molar-refractivity contribution >= 4 is 23.1 Å². The summed E-state index contributed by atoms with van der Waals surface area (Å²) in [5, 5.41) is 12.7. The molecule has 1 aromatic rings. The number of rotatable bonds is 3. The average Bonchev–Trinajstić information content (AvgIpc) is 2.89. The van der Waals surface area contributed by atoms with E-state index >= 15 is 0 Å². The van der Waals surface area contributed by atoms with Crippen LogP contribution in [0.1, 0.15) is 25.3 Å². The van der Waals surface area contributed by atoms with Gasteiger partial charge in [0.05, 0.1) is 17.9 Å². The molecule has 124 valence electrons. The Labute approximate surface area is 140 Å². The number of para-hydroxylation sites is 1. The molecule has 2 aliphatic rings. The highest BCUT2D eigenvalue weighted by molar-refractivity contribution is 6.36. The Morgan fingerprint density at radius 1 is 1.38 bits per heavy atom. The van der Waals surface area contributed by atoms with Crippen molar-refractivity contribution in [3.05, 3.63) is 35.4 Å². The van der Waals surface area contributed by atoms with Crippen LogP contribution in [-0.4, -0.2) is 37.6 Å². The molecule has 3 rings (SSSR count). The lowest BCUT2D eigenvalue weighted by Crippen LogP contribution is -2.44. The predicted octanol–water partition coefficient (Wildman–Crippen LogP) is 1.63. The van der Waals surface area contributed by atoms with Gasteiger partial charge in [-0.25, -0.2) is 4.79 Å². The van der Waals surface area contributed by atoms with Gasteiger partial charge in [0, 0.05) is 11.6 Å². The van der Waals surface area contributed by atoms with Gasteiger partial charge in [-0.15, -0.1) is 0 Å². The summed E-state index contributed by atoms with van der Waals surface area (Å²) in [5.74, 6) is -1.03. The third kappa shape index (κ3) is 2.68. The molecule has 1 aromatic carbocycles. The molecule has 0 bridgehead atoms. The van der Waals surface area contributed by atoms with E-state index in [-0.39, 0.29) is 29.7 Å². The molecule has 2 heterocycles. The summed E-state index contributed by atoms with van der Waals surface area (Å²) in [5.41, 5.74) is 1.34. The third-order valence-electron chi connectivity index (χ3n) is 4.38. The van der Waals surface area contributed by atoms with Crippen LogP contribution in [0.3, 0.4) is 0 Å². The third-order valence-corrected chi connectivity index (χ3v) is 4.38. The van der Waals surface area contributed by atoms with Crippen molar-refractivity contribution in [2.45, 2.75) is 25.8 Å². The highest BCUT2D eigenvalue weighted by Gasteiger charge is 2.40. The van der Waals surface area contributed by atoms with E-state index in [0.29, 0.717) is 5.56 Å². The number of piperidine rings is 1. The molecule has 0 unspecified atom stereocenters. The largest absolute Gasteiger partial charge is 0.462 e. The number of anilines is 1. The summed E-state index contributed by atoms with van der Waals surface area (Å²) < 4.78 is 4.95. The average molecular weight is 325 g/mol. The Kier molecular flexibility index (Phi) is 4.63. The first-order valence-electron chi connectivity index (χ1n) is 8.14. The summed E-state index contributed by atoms with van der Waals surface area (Å²) in [7, 11) is 0. The van der Waals surface area contributed by atoms with Crippen molar-refractivity contribution in [3.63, 3.8) is 0 Å². The lowest BCUT2D eigenvalue weighted by Gasteiger charge is -2.31. The van der Waals surface area contributed by atoms with Crippen molar-refractivity contribution < 1.29 is 14.3 Å². The fourth-order valence-corrected chi connectivity index (χ4v) is 3.32. The summed E-state index contributed by atoms with van der Waals surface area (Å²) in [6, 6.07) is 9.24. The topological polar surface area (TPSA) is 82.4 Å². The highest BCUT2D eigenvalue weighted by atomic mass is 16.5. The summed E-state index contributed by atoms with van der Waals surface area (Å²) in [6.07, 6.45) is 1.68. The first-order valence-corrected chi connectivity index (χ1v) is 8.14. The molecule has 1 fully saturated rings. The second-order valence-electron chi connectivity index (χ2n) is 5.76. The van der Waals surface area contributed by atoms with Gasteiger partial charge >= 0.3 is 5.97 Å². The number of esters is 1. The molecule has 0 atom stereocenters. The van der Waals surface area contributed by atoms with Gasteiger partial charge in [-0.1, -0.05) is 18.2 Å². The second-order valence-corrected chi connectivity index (χ2v) is 5.76.